The number of carbonyl (C=O) groups excluding carboxylic acids is 1. The lowest BCUT2D eigenvalue weighted by molar-refractivity contribution is -0.121. The third-order valence-corrected chi connectivity index (χ3v) is 3.51. The largest absolute Gasteiger partial charge is 0.493 e. The standard InChI is InChI=1S/C17H17BrFNO2/c18-14-4-2-6-16(12-14)22-10-8-17(21)20-9-7-13-3-1-5-15(19)11-13/h1-6,11-12H,7-10H2,(H,20,21). The second-order valence-electron chi connectivity index (χ2n) is 4.79. The van der Waals surface area contributed by atoms with Crippen molar-refractivity contribution in [2.45, 2.75) is 12.8 Å². The maximum atomic E-state index is 13.0. The van der Waals surface area contributed by atoms with E-state index in [4.69, 9.17) is 4.74 Å². The van der Waals surface area contributed by atoms with Gasteiger partial charge in [0.25, 0.3) is 0 Å². The van der Waals surface area contributed by atoms with E-state index in [9.17, 15) is 9.18 Å². The van der Waals surface area contributed by atoms with Crippen LogP contribution in [0.2, 0.25) is 0 Å². The zero-order valence-corrected chi connectivity index (χ0v) is 13.6. The number of amides is 1. The first kappa shape index (κ1) is 16.5. The van der Waals surface area contributed by atoms with Crippen molar-refractivity contribution in [1.82, 2.24) is 5.32 Å². The molecule has 116 valence electrons. The van der Waals surface area contributed by atoms with Gasteiger partial charge >= 0.3 is 0 Å². The molecule has 0 heterocycles. The summed E-state index contributed by atoms with van der Waals surface area (Å²) in [6, 6.07) is 13.9. The average Bonchev–Trinajstić information content (AvgIpc) is 2.47. The fourth-order valence-electron chi connectivity index (χ4n) is 1.95. The predicted molar refractivity (Wildman–Crippen MR) is 87.4 cm³/mol. The van der Waals surface area contributed by atoms with Gasteiger partial charge in [-0.05, 0) is 42.3 Å². The molecule has 0 aliphatic carbocycles. The first-order chi connectivity index (χ1) is 10.6. The molecule has 22 heavy (non-hydrogen) atoms. The Hall–Kier alpha value is -1.88. The van der Waals surface area contributed by atoms with Crippen molar-refractivity contribution < 1.29 is 13.9 Å². The number of rotatable bonds is 7. The molecule has 2 aromatic rings. The lowest BCUT2D eigenvalue weighted by Gasteiger charge is -2.08. The van der Waals surface area contributed by atoms with Gasteiger partial charge in [-0.3, -0.25) is 4.79 Å². The molecular formula is C17H17BrFNO2. The van der Waals surface area contributed by atoms with Crippen LogP contribution in [-0.2, 0) is 11.2 Å². The van der Waals surface area contributed by atoms with Crippen LogP contribution in [0, 0.1) is 5.82 Å². The summed E-state index contributed by atoms with van der Waals surface area (Å²) in [4.78, 5) is 11.7. The maximum Gasteiger partial charge on any atom is 0.223 e. The van der Waals surface area contributed by atoms with Crippen molar-refractivity contribution in [3.05, 3.63) is 64.4 Å². The predicted octanol–water partition coefficient (Wildman–Crippen LogP) is 3.72. The molecule has 0 aromatic heterocycles. The van der Waals surface area contributed by atoms with Crippen LogP contribution in [0.5, 0.6) is 5.75 Å². The summed E-state index contributed by atoms with van der Waals surface area (Å²) < 4.78 is 19.4. The van der Waals surface area contributed by atoms with E-state index < -0.39 is 0 Å². The Morgan fingerprint density at radius 1 is 1.18 bits per heavy atom. The van der Waals surface area contributed by atoms with E-state index in [1.807, 2.05) is 30.3 Å². The summed E-state index contributed by atoms with van der Waals surface area (Å²) >= 11 is 3.36. The van der Waals surface area contributed by atoms with Crippen LogP contribution in [0.4, 0.5) is 4.39 Å². The number of carbonyl (C=O) groups is 1. The molecule has 0 bridgehead atoms. The number of ether oxygens (including phenoxy) is 1. The van der Waals surface area contributed by atoms with E-state index in [1.54, 1.807) is 6.07 Å². The van der Waals surface area contributed by atoms with Gasteiger partial charge in [0.05, 0.1) is 13.0 Å². The van der Waals surface area contributed by atoms with Gasteiger partial charge < -0.3 is 10.1 Å². The minimum atomic E-state index is -0.258. The molecule has 2 aromatic carbocycles. The van der Waals surface area contributed by atoms with Gasteiger partial charge in [0.1, 0.15) is 11.6 Å². The number of hydrogen-bond acceptors (Lipinski definition) is 2. The molecule has 0 aliphatic rings. The Bertz CT molecular complexity index is 580. The monoisotopic (exact) mass is 365 g/mol. The quantitative estimate of drug-likeness (QED) is 0.811. The first-order valence-electron chi connectivity index (χ1n) is 7.03. The van der Waals surface area contributed by atoms with Crippen LogP contribution >= 0.6 is 15.9 Å². The van der Waals surface area contributed by atoms with Crippen LogP contribution in [0.15, 0.2) is 53.0 Å². The molecule has 0 saturated carbocycles. The smallest absolute Gasteiger partial charge is 0.223 e. The molecule has 0 unspecified atom stereocenters. The van der Waals surface area contributed by atoms with Gasteiger partial charge in [-0.25, -0.2) is 4.39 Å². The Morgan fingerprint density at radius 3 is 2.77 bits per heavy atom. The first-order valence-corrected chi connectivity index (χ1v) is 7.82. The number of halogens is 2. The highest BCUT2D eigenvalue weighted by molar-refractivity contribution is 9.10. The van der Waals surface area contributed by atoms with Gasteiger partial charge in [0.2, 0.25) is 5.91 Å². The Labute approximate surface area is 137 Å². The van der Waals surface area contributed by atoms with E-state index in [-0.39, 0.29) is 18.1 Å². The van der Waals surface area contributed by atoms with E-state index in [2.05, 4.69) is 21.2 Å². The number of nitrogens with one attached hydrogen (secondary N) is 1. The Morgan fingerprint density at radius 2 is 2.00 bits per heavy atom. The van der Waals surface area contributed by atoms with Crippen LogP contribution in [0.1, 0.15) is 12.0 Å². The highest BCUT2D eigenvalue weighted by atomic mass is 79.9. The highest BCUT2D eigenvalue weighted by Gasteiger charge is 2.03. The third-order valence-electron chi connectivity index (χ3n) is 3.02. The van der Waals surface area contributed by atoms with E-state index >= 15 is 0 Å². The normalized spacial score (nSPS) is 10.3. The van der Waals surface area contributed by atoms with Crippen molar-refractivity contribution in [3.8, 4) is 5.75 Å². The van der Waals surface area contributed by atoms with Crippen LogP contribution in [0.3, 0.4) is 0 Å². The molecule has 0 saturated heterocycles. The second kappa shape index (κ2) is 8.54. The maximum absolute atomic E-state index is 13.0. The van der Waals surface area contributed by atoms with Crippen molar-refractivity contribution in [2.75, 3.05) is 13.2 Å². The molecule has 0 spiro atoms. The highest BCUT2D eigenvalue weighted by Crippen LogP contribution is 2.17. The van der Waals surface area contributed by atoms with Crippen LogP contribution in [-0.4, -0.2) is 19.1 Å². The lowest BCUT2D eigenvalue weighted by Crippen LogP contribution is -2.27. The summed E-state index contributed by atoms with van der Waals surface area (Å²) in [5.41, 5.74) is 0.866. The van der Waals surface area contributed by atoms with Gasteiger partial charge in [-0.1, -0.05) is 34.1 Å². The number of hydrogen-bond donors (Lipinski definition) is 1. The second-order valence-corrected chi connectivity index (χ2v) is 5.70. The Balaban J connectivity index is 1.64. The van der Waals surface area contributed by atoms with Gasteiger partial charge in [0, 0.05) is 11.0 Å². The zero-order valence-electron chi connectivity index (χ0n) is 12.0. The van der Waals surface area contributed by atoms with Gasteiger partial charge in [-0.15, -0.1) is 0 Å². The average molecular weight is 366 g/mol. The molecule has 1 N–H and O–H groups in total. The van der Waals surface area contributed by atoms with Gasteiger partial charge in [-0.2, -0.15) is 0 Å². The number of benzene rings is 2. The van der Waals surface area contributed by atoms with Crippen molar-refractivity contribution in [2.24, 2.45) is 0 Å². The summed E-state index contributed by atoms with van der Waals surface area (Å²) in [6.45, 7) is 0.807. The third kappa shape index (κ3) is 5.85. The fraction of sp³-hybridized carbons (Fsp3) is 0.235. The summed E-state index contributed by atoms with van der Waals surface area (Å²) in [6.07, 6.45) is 0.894. The summed E-state index contributed by atoms with van der Waals surface area (Å²) in [5, 5.41) is 2.80. The van der Waals surface area contributed by atoms with Crippen molar-refractivity contribution in [3.63, 3.8) is 0 Å². The molecule has 2 rings (SSSR count). The van der Waals surface area contributed by atoms with E-state index in [0.717, 1.165) is 15.8 Å². The summed E-state index contributed by atoms with van der Waals surface area (Å²) in [7, 11) is 0. The molecule has 0 fully saturated rings. The van der Waals surface area contributed by atoms with Crippen LogP contribution in [0.25, 0.3) is 0 Å². The SMILES string of the molecule is O=C(CCOc1cccc(Br)c1)NCCc1cccc(F)c1. The van der Waals surface area contributed by atoms with Crippen molar-refractivity contribution in [1.29, 1.82) is 0 Å². The molecule has 1 amide bonds. The van der Waals surface area contributed by atoms with E-state index in [0.29, 0.717) is 19.6 Å². The molecule has 0 atom stereocenters. The molecule has 0 aliphatic heterocycles. The zero-order chi connectivity index (χ0) is 15.8. The molecular weight excluding hydrogens is 349 g/mol. The van der Waals surface area contributed by atoms with Gasteiger partial charge in [0.15, 0.2) is 0 Å². The minimum Gasteiger partial charge on any atom is -0.493 e. The van der Waals surface area contributed by atoms with E-state index in [1.165, 1.54) is 12.1 Å². The lowest BCUT2D eigenvalue weighted by atomic mass is 10.1. The van der Waals surface area contributed by atoms with Crippen LogP contribution < -0.4 is 10.1 Å². The molecule has 5 heteroatoms. The molecule has 0 radical (unpaired) electrons. The minimum absolute atomic E-state index is 0.0774. The topological polar surface area (TPSA) is 38.3 Å². The Kier molecular flexibility index (Phi) is 6.40. The summed E-state index contributed by atoms with van der Waals surface area (Å²) in [5.74, 6) is 0.389. The fourth-order valence-corrected chi connectivity index (χ4v) is 2.32. The van der Waals surface area contributed by atoms with Crippen molar-refractivity contribution >= 4 is 21.8 Å². The molecule has 3 nitrogen and oxygen atoms in total.